The number of hydrazine groups is 1. The van der Waals surface area contributed by atoms with Gasteiger partial charge in [-0.05, 0) is 54.6 Å². The third kappa shape index (κ3) is 7.07. The molecule has 0 aliphatic heterocycles. The summed E-state index contributed by atoms with van der Waals surface area (Å²) < 4.78 is 48.7. The van der Waals surface area contributed by atoms with Crippen LogP contribution in [0.4, 0.5) is 18.9 Å². The molecule has 0 saturated heterocycles. The second-order valence-corrected chi connectivity index (χ2v) is 7.48. The van der Waals surface area contributed by atoms with Crippen molar-refractivity contribution in [3.8, 4) is 11.5 Å². The van der Waals surface area contributed by atoms with Crippen molar-refractivity contribution < 1.29 is 41.8 Å². The third-order valence-corrected chi connectivity index (χ3v) is 4.80. The SMILES string of the molecule is COc1cc(C(=O)Nc2cccc(C(=O)NNC(=O)c3cccc(C(F)(F)F)c3)c2)ccc1OC(C)=O. The lowest BCUT2D eigenvalue weighted by atomic mass is 10.1. The van der Waals surface area contributed by atoms with Gasteiger partial charge >= 0.3 is 12.1 Å². The number of hydrogen-bond acceptors (Lipinski definition) is 6. The molecule has 0 aliphatic carbocycles. The molecule has 0 spiro atoms. The van der Waals surface area contributed by atoms with Crippen LogP contribution in [0, 0.1) is 0 Å². The van der Waals surface area contributed by atoms with Gasteiger partial charge in [0.2, 0.25) is 0 Å². The number of esters is 1. The van der Waals surface area contributed by atoms with Crippen molar-refractivity contribution in [3.05, 3.63) is 89.0 Å². The molecule has 37 heavy (non-hydrogen) atoms. The topological polar surface area (TPSA) is 123 Å². The number of carbonyl (C=O) groups is 4. The Morgan fingerprint density at radius 1 is 0.730 bits per heavy atom. The maximum atomic E-state index is 12.8. The van der Waals surface area contributed by atoms with Crippen LogP contribution in [-0.2, 0) is 11.0 Å². The smallest absolute Gasteiger partial charge is 0.416 e. The molecule has 0 unspecified atom stereocenters. The number of methoxy groups -OCH3 is 1. The molecule has 0 heterocycles. The van der Waals surface area contributed by atoms with E-state index in [2.05, 4.69) is 16.2 Å². The molecule has 0 atom stereocenters. The van der Waals surface area contributed by atoms with E-state index >= 15 is 0 Å². The highest BCUT2D eigenvalue weighted by atomic mass is 19.4. The van der Waals surface area contributed by atoms with E-state index in [1.165, 1.54) is 62.6 Å². The number of halogens is 3. The van der Waals surface area contributed by atoms with Gasteiger partial charge in [-0.2, -0.15) is 13.2 Å². The first kappa shape index (κ1) is 26.7. The zero-order valence-electron chi connectivity index (χ0n) is 19.4. The molecule has 0 aromatic heterocycles. The molecule has 0 fully saturated rings. The van der Waals surface area contributed by atoms with Crippen LogP contribution < -0.4 is 25.6 Å². The number of ether oxygens (including phenoxy) is 2. The second kappa shape index (κ2) is 11.2. The summed E-state index contributed by atoms with van der Waals surface area (Å²) in [6.07, 6.45) is -4.63. The van der Waals surface area contributed by atoms with Crippen molar-refractivity contribution in [1.29, 1.82) is 0 Å². The lowest BCUT2D eigenvalue weighted by molar-refractivity contribution is -0.137. The molecule has 3 aromatic rings. The zero-order valence-corrected chi connectivity index (χ0v) is 19.4. The molecular weight excluding hydrogens is 495 g/mol. The number of benzene rings is 3. The van der Waals surface area contributed by atoms with E-state index in [-0.39, 0.29) is 33.9 Å². The Kier molecular flexibility index (Phi) is 8.12. The summed E-state index contributed by atoms with van der Waals surface area (Å²) in [5.74, 6) is -2.54. The molecule has 3 rings (SSSR count). The molecule has 12 heteroatoms. The van der Waals surface area contributed by atoms with Crippen molar-refractivity contribution in [2.24, 2.45) is 0 Å². The van der Waals surface area contributed by atoms with E-state index in [9.17, 15) is 32.3 Å². The fraction of sp³-hybridized carbons (Fsp3) is 0.120. The van der Waals surface area contributed by atoms with Gasteiger partial charge in [0.05, 0.1) is 12.7 Å². The number of nitrogens with one attached hydrogen (secondary N) is 3. The summed E-state index contributed by atoms with van der Waals surface area (Å²) in [6.45, 7) is 1.22. The van der Waals surface area contributed by atoms with Crippen LogP contribution in [0.25, 0.3) is 0 Å². The van der Waals surface area contributed by atoms with Crippen LogP contribution in [0.1, 0.15) is 43.6 Å². The van der Waals surface area contributed by atoms with Crippen LogP contribution >= 0.6 is 0 Å². The number of alkyl halides is 3. The first-order valence-corrected chi connectivity index (χ1v) is 10.5. The fourth-order valence-corrected chi connectivity index (χ4v) is 3.08. The Hall–Kier alpha value is -4.87. The fourth-order valence-electron chi connectivity index (χ4n) is 3.08. The van der Waals surface area contributed by atoms with Crippen LogP contribution in [0.5, 0.6) is 11.5 Å². The largest absolute Gasteiger partial charge is 0.493 e. The molecule has 3 N–H and O–H groups in total. The highest BCUT2D eigenvalue weighted by Crippen LogP contribution is 2.30. The summed E-state index contributed by atoms with van der Waals surface area (Å²) >= 11 is 0. The predicted molar refractivity (Wildman–Crippen MR) is 125 cm³/mol. The number of carbonyl (C=O) groups excluding carboxylic acids is 4. The van der Waals surface area contributed by atoms with Crippen LogP contribution in [0.2, 0.25) is 0 Å². The summed E-state index contributed by atoms with van der Waals surface area (Å²) in [5.41, 5.74) is 3.32. The van der Waals surface area contributed by atoms with Gasteiger partial charge in [-0.3, -0.25) is 30.0 Å². The molecular formula is C25H20F3N3O6. The van der Waals surface area contributed by atoms with Gasteiger partial charge in [-0.15, -0.1) is 0 Å². The molecule has 192 valence electrons. The summed E-state index contributed by atoms with van der Waals surface area (Å²) in [7, 11) is 1.35. The second-order valence-electron chi connectivity index (χ2n) is 7.48. The lowest BCUT2D eigenvalue weighted by Gasteiger charge is -2.12. The van der Waals surface area contributed by atoms with E-state index in [0.29, 0.717) is 6.07 Å². The number of amides is 3. The van der Waals surface area contributed by atoms with Crippen molar-refractivity contribution in [2.45, 2.75) is 13.1 Å². The van der Waals surface area contributed by atoms with Crippen LogP contribution in [-0.4, -0.2) is 30.8 Å². The minimum absolute atomic E-state index is 0.0462. The lowest BCUT2D eigenvalue weighted by Crippen LogP contribution is -2.41. The summed E-state index contributed by atoms with van der Waals surface area (Å²) in [4.78, 5) is 48.5. The summed E-state index contributed by atoms with van der Waals surface area (Å²) in [5, 5.41) is 2.60. The Balaban J connectivity index is 1.65. The van der Waals surface area contributed by atoms with Gasteiger partial charge in [0.1, 0.15) is 0 Å². The molecule has 3 amide bonds. The number of rotatable bonds is 6. The van der Waals surface area contributed by atoms with Crippen molar-refractivity contribution >= 4 is 29.4 Å². The first-order chi connectivity index (χ1) is 17.5. The normalized spacial score (nSPS) is 10.7. The molecule has 0 saturated carbocycles. The van der Waals surface area contributed by atoms with E-state index in [1.54, 1.807) is 0 Å². The monoisotopic (exact) mass is 515 g/mol. The summed E-state index contributed by atoms with van der Waals surface area (Å²) in [6, 6.07) is 13.6. The molecule has 0 bridgehead atoms. The van der Waals surface area contributed by atoms with E-state index in [0.717, 1.165) is 12.1 Å². The molecule has 3 aromatic carbocycles. The molecule has 0 aliphatic rings. The zero-order chi connectivity index (χ0) is 27.2. The Labute approximate surface area is 208 Å². The van der Waals surface area contributed by atoms with Crippen LogP contribution in [0.15, 0.2) is 66.7 Å². The van der Waals surface area contributed by atoms with Gasteiger partial charge in [0.25, 0.3) is 17.7 Å². The van der Waals surface area contributed by atoms with Crippen molar-refractivity contribution in [3.63, 3.8) is 0 Å². The van der Waals surface area contributed by atoms with Crippen molar-refractivity contribution in [1.82, 2.24) is 10.9 Å². The van der Waals surface area contributed by atoms with Gasteiger partial charge in [0.15, 0.2) is 11.5 Å². The van der Waals surface area contributed by atoms with E-state index in [4.69, 9.17) is 9.47 Å². The van der Waals surface area contributed by atoms with E-state index in [1.807, 2.05) is 0 Å². The number of hydrogen-bond donors (Lipinski definition) is 3. The van der Waals surface area contributed by atoms with E-state index < -0.39 is 35.4 Å². The maximum absolute atomic E-state index is 12.8. The Bertz CT molecular complexity index is 1360. The predicted octanol–water partition coefficient (Wildman–Crippen LogP) is 3.97. The average Bonchev–Trinajstić information content (AvgIpc) is 2.86. The van der Waals surface area contributed by atoms with Crippen LogP contribution in [0.3, 0.4) is 0 Å². The van der Waals surface area contributed by atoms with Gasteiger partial charge in [-0.1, -0.05) is 12.1 Å². The Morgan fingerprint density at radius 2 is 1.32 bits per heavy atom. The molecule has 9 nitrogen and oxygen atoms in total. The first-order valence-electron chi connectivity index (χ1n) is 10.5. The molecule has 0 radical (unpaired) electrons. The highest BCUT2D eigenvalue weighted by molar-refractivity contribution is 6.05. The minimum atomic E-state index is -4.63. The average molecular weight is 515 g/mol. The minimum Gasteiger partial charge on any atom is -0.493 e. The van der Waals surface area contributed by atoms with Gasteiger partial charge in [-0.25, -0.2) is 0 Å². The quantitative estimate of drug-likeness (QED) is 0.260. The van der Waals surface area contributed by atoms with Gasteiger partial charge < -0.3 is 14.8 Å². The van der Waals surface area contributed by atoms with Crippen molar-refractivity contribution in [2.75, 3.05) is 12.4 Å². The third-order valence-electron chi connectivity index (χ3n) is 4.80. The van der Waals surface area contributed by atoms with Gasteiger partial charge in [0, 0.05) is 29.3 Å². The Morgan fingerprint density at radius 3 is 1.92 bits per heavy atom. The maximum Gasteiger partial charge on any atom is 0.416 e. The number of anilines is 1. The highest BCUT2D eigenvalue weighted by Gasteiger charge is 2.31. The standard InChI is InChI=1S/C25H20F3N3O6/c1-14(32)37-20-10-9-17(13-21(20)36-2)22(33)29-19-8-4-6-16(12-19)24(35)31-30-23(34)15-5-3-7-18(11-15)25(26,27)28/h3-13H,1-2H3,(H,29,33)(H,30,34)(H,31,35).